The third kappa shape index (κ3) is 5.46. The van der Waals surface area contributed by atoms with Crippen molar-refractivity contribution in [1.82, 2.24) is 9.55 Å². The Morgan fingerprint density at radius 2 is 2.06 bits per heavy atom. The summed E-state index contributed by atoms with van der Waals surface area (Å²) in [7, 11) is 0. The molecule has 2 atom stereocenters. The van der Waals surface area contributed by atoms with E-state index in [9.17, 15) is 9.59 Å². The highest BCUT2D eigenvalue weighted by Crippen LogP contribution is 2.37. The highest BCUT2D eigenvalue weighted by atomic mass is 32.1. The maximum atomic E-state index is 12.9. The van der Waals surface area contributed by atoms with Crippen molar-refractivity contribution in [3.63, 3.8) is 0 Å². The first kappa shape index (κ1) is 23.5. The van der Waals surface area contributed by atoms with Crippen molar-refractivity contribution in [2.75, 3.05) is 22.1 Å². The van der Waals surface area contributed by atoms with E-state index < -0.39 is 0 Å². The molecule has 3 heterocycles. The van der Waals surface area contributed by atoms with Gasteiger partial charge in [-0.15, -0.1) is 11.3 Å². The summed E-state index contributed by atoms with van der Waals surface area (Å²) in [5.41, 5.74) is 3.36. The van der Waals surface area contributed by atoms with Crippen LogP contribution in [0.3, 0.4) is 0 Å². The second-order valence-corrected chi connectivity index (χ2v) is 9.48. The number of rotatable bonds is 8. The molecule has 8 nitrogen and oxygen atoms in total. The van der Waals surface area contributed by atoms with Crippen molar-refractivity contribution in [2.45, 2.75) is 45.7 Å². The van der Waals surface area contributed by atoms with Gasteiger partial charge in [0.2, 0.25) is 5.91 Å². The number of nitrogens with one attached hydrogen (secondary N) is 2. The van der Waals surface area contributed by atoms with E-state index in [4.69, 9.17) is 10.2 Å². The predicted molar refractivity (Wildman–Crippen MR) is 134 cm³/mol. The van der Waals surface area contributed by atoms with Gasteiger partial charge in [-0.3, -0.25) is 14.9 Å². The molecule has 0 bridgehead atoms. The van der Waals surface area contributed by atoms with Crippen molar-refractivity contribution >= 4 is 39.7 Å². The van der Waals surface area contributed by atoms with Crippen molar-refractivity contribution in [3.8, 4) is 6.07 Å². The summed E-state index contributed by atoms with van der Waals surface area (Å²) < 4.78 is 1.88. The van der Waals surface area contributed by atoms with Crippen molar-refractivity contribution in [2.24, 2.45) is 5.92 Å². The number of aromatic nitrogens is 2. The van der Waals surface area contributed by atoms with Crippen LogP contribution in [0, 0.1) is 17.2 Å². The van der Waals surface area contributed by atoms with E-state index in [1.807, 2.05) is 53.4 Å². The lowest BCUT2D eigenvalue weighted by Crippen LogP contribution is -2.23. The van der Waals surface area contributed by atoms with E-state index in [0.717, 1.165) is 36.5 Å². The van der Waals surface area contributed by atoms with Crippen LogP contribution in [-0.4, -0.2) is 27.9 Å². The number of hydrogen-bond acceptors (Lipinski definition) is 6. The van der Waals surface area contributed by atoms with Gasteiger partial charge in [-0.05, 0) is 55.2 Å². The summed E-state index contributed by atoms with van der Waals surface area (Å²) in [5, 5.41) is 17.2. The molecule has 2 amide bonds. The van der Waals surface area contributed by atoms with E-state index in [0.29, 0.717) is 23.8 Å². The van der Waals surface area contributed by atoms with Crippen LogP contribution in [0.5, 0.6) is 0 Å². The lowest BCUT2D eigenvalue weighted by Gasteiger charge is -2.25. The number of amides is 2. The quantitative estimate of drug-likeness (QED) is 0.474. The zero-order valence-corrected chi connectivity index (χ0v) is 20.1. The SMILES string of the molecule is CC(=O)Nc1ccc(N2CCC[C@@H]2c2csc(NC(=O)c3cccn3CC(C)CC#N)n2)cc1. The van der Waals surface area contributed by atoms with E-state index >= 15 is 0 Å². The summed E-state index contributed by atoms with van der Waals surface area (Å²) >= 11 is 1.43. The number of hydrogen-bond donors (Lipinski definition) is 2. The Balaban J connectivity index is 1.43. The summed E-state index contributed by atoms with van der Waals surface area (Å²) in [5.74, 6) is -0.129. The summed E-state index contributed by atoms with van der Waals surface area (Å²) in [6.07, 6.45) is 4.36. The molecule has 2 N–H and O–H groups in total. The summed E-state index contributed by atoms with van der Waals surface area (Å²) in [6.45, 7) is 5.04. The van der Waals surface area contributed by atoms with Crippen LogP contribution in [-0.2, 0) is 11.3 Å². The maximum absolute atomic E-state index is 12.9. The van der Waals surface area contributed by atoms with Crippen molar-refractivity contribution in [3.05, 3.63) is 59.4 Å². The summed E-state index contributed by atoms with van der Waals surface area (Å²) in [6, 6.07) is 13.8. The molecule has 1 unspecified atom stereocenters. The minimum atomic E-state index is -0.202. The Kier molecular flexibility index (Phi) is 7.28. The molecule has 2 aromatic heterocycles. The zero-order valence-electron chi connectivity index (χ0n) is 19.3. The van der Waals surface area contributed by atoms with Gasteiger partial charge in [0, 0.05) is 49.4 Å². The van der Waals surface area contributed by atoms with Crippen molar-refractivity contribution < 1.29 is 9.59 Å². The highest BCUT2D eigenvalue weighted by molar-refractivity contribution is 7.14. The zero-order chi connectivity index (χ0) is 24.1. The Bertz CT molecular complexity index is 1190. The molecule has 34 heavy (non-hydrogen) atoms. The second kappa shape index (κ2) is 10.5. The molecule has 9 heteroatoms. The van der Waals surface area contributed by atoms with Crippen molar-refractivity contribution in [1.29, 1.82) is 5.26 Å². The maximum Gasteiger partial charge on any atom is 0.274 e. The lowest BCUT2D eigenvalue weighted by molar-refractivity contribution is -0.114. The molecular formula is C25H28N6O2S. The molecule has 1 fully saturated rings. The standard InChI is InChI=1S/C25H28N6O2S/c1-17(11-12-26)15-30-13-3-6-23(30)24(33)29-25-28-21(16-34-25)22-5-4-14-31(22)20-9-7-19(8-10-20)27-18(2)32/h3,6-10,13,16-17,22H,4-5,11,14-15H2,1-2H3,(H,27,32)(H,28,29,33)/t17?,22-/m1/s1. The molecular weight excluding hydrogens is 448 g/mol. The lowest BCUT2D eigenvalue weighted by atomic mass is 10.1. The monoisotopic (exact) mass is 476 g/mol. The third-order valence-corrected chi connectivity index (χ3v) is 6.64. The first-order valence-corrected chi connectivity index (χ1v) is 12.3. The first-order valence-electron chi connectivity index (χ1n) is 11.4. The molecule has 1 aliphatic heterocycles. The molecule has 176 valence electrons. The fourth-order valence-electron chi connectivity index (χ4n) is 4.32. The van der Waals surface area contributed by atoms with Crippen LogP contribution in [0.2, 0.25) is 0 Å². The molecule has 4 rings (SSSR count). The average Bonchev–Trinajstić information content (AvgIpc) is 3.54. The van der Waals surface area contributed by atoms with Gasteiger partial charge in [-0.2, -0.15) is 5.26 Å². The van der Waals surface area contributed by atoms with Gasteiger partial charge in [0.15, 0.2) is 5.13 Å². The molecule has 1 aliphatic rings. The first-order chi connectivity index (χ1) is 16.4. The average molecular weight is 477 g/mol. The van der Waals surface area contributed by atoms with Gasteiger partial charge >= 0.3 is 0 Å². The van der Waals surface area contributed by atoms with Crippen LogP contribution in [0.15, 0.2) is 48.0 Å². The third-order valence-electron chi connectivity index (χ3n) is 5.87. The van der Waals surface area contributed by atoms with E-state index in [2.05, 4.69) is 21.6 Å². The minimum absolute atomic E-state index is 0.0900. The molecule has 0 saturated carbocycles. The summed E-state index contributed by atoms with van der Waals surface area (Å²) in [4.78, 5) is 31.2. The topological polar surface area (TPSA) is 103 Å². The van der Waals surface area contributed by atoms with Gasteiger partial charge in [-0.25, -0.2) is 4.98 Å². The largest absolute Gasteiger partial charge is 0.363 e. The Hall–Kier alpha value is -3.64. The molecule has 0 spiro atoms. The fraction of sp³-hybridized carbons (Fsp3) is 0.360. The number of carbonyl (C=O) groups is 2. The molecule has 3 aromatic rings. The smallest absolute Gasteiger partial charge is 0.274 e. The van der Waals surface area contributed by atoms with Gasteiger partial charge in [0.05, 0.1) is 17.8 Å². The van der Waals surface area contributed by atoms with Gasteiger partial charge < -0.3 is 14.8 Å². The molecule has 0 aliphatic carbocycles. The number of thiazole rings is 1. The van der Waals surface area contributed by atoms with Gasteiger partial charge in [-0.1, -0.05) is 6.92 Å². The molecule has 1 aromatic carbocycles. The van der Waals surface area contributed by atoms with Gasteiger partial charge in [0.25, 0.3) is 5.91 Å². The number of carbonyl (C=O) groups excluding carboxylic acids is 2. The highest BCUT2D eigenvalue weighted by Gasteiger charge is 2.28. The fourth-order valence-corrected chi connectivity index (χ4v) is 5.07. The number of benzene rings is 1. The van der Waals surface area contributed by atoms with E-state index in [-0.39, 0.29) is 23.8 Å². The normalized spacial score (nSPS) is 16.1. The van der Waals surface area contributed by atoms with E-state index in [1.54, 1.807) is 6.07 Å². The van der Waals surface area contributed by atoms with Crippen LogP contribution >= 0.6 is 11.3 Å². The van der Waals surface area contributed by atoms with Crippen LogP contribution in [0.4, 0.5) is 16.5 Å². The molecule has 0 radical (unpaired) electrons. The Morgan fingerprint density at radius 1 is 1.26 bits per heavy atom. The van der Waals surface area contributed by atoms with Gasteiger partial charge in [0.1, 0.15) is 5.69 Å². The van der Waals surface area contributed by atoms with Crippen LogP contribution in [0.1, 0.15) is 55.3 Å². The van der Waals surface area contributed by atoms with Crippen LogP contribution < -0.4 is 15.5 Å². The van der Waals surface area contributed by atoms with E-state index in [1.165, 1.54) is 18.3 Å². The number of nitrogens with zero attached hydrogens (tertiary/aromatic N) is 4. The number of anilines is 3. The van der Waals surface area contributed by atoms with Crippen LogP contribution in [0.25, 0.3) is 0 Å². The minimum Gasteiger partial charge on any atom is -0.363 e. The predicted octanol–water partition coefficient (Wildman–Crippen LogP) is 5.05. The second-order valence-electron chi connectivity index (χ2n) is 8.62. The Labute approximate surface area is 203 Å². The number of nitriles is 1. The molecule has 1 saturated heterocycles. The Morgan fingerprint density at radius 3 is 2.79 bits per heavy atom.